The summed E-state index contributed by atoms with van der Waals surface area (Å²) in [4.78, 5) is 36.2. The largest absolute Gasteiger partial charge is 0.481 e. The molecule has 7 nitrogen and oxygen atoms in total. The summed E-state index contributed by atoms with van der Waals surface area (Å²) in [6.45, 7) is 1.04. The number of amides is 1. The molecule has 0 aliphatic heterocycles. The third-order valence-electron chi connectivity index (χ3n) is 3.41. The summed E-state index contributed by atoms with van der Waals surface area (Å²) in [5.74, 6) is -2.72. The number of methoxy groups -OCH3 is 2. The van der Waals surface area contributed by atoms with Crippen LogP contribution in [0.3, 0.4) is 0 Å². The quantitative estimate of drug-likeness (QED) is 0.664. The molecule has 0 aliphatic rings. The van der Waals surface area contributed by atoms with E-state index in [9.17, 15) is 18.8 Å². The molecule has 1 aromatic heterocycles. The molecule has 10 heteroatoms. The molecular weight excluding hydrogens is 445 g/mol. The standard InChI is InChI=1S/C17H15BrFNO6S/c1-8-13(16(22)24-2)15(27-14(8)17(23)25-3)20-12(21)7-26-11-5-4-9(18)6-10(11)19/h4-6H,7H2,1-3H3,(H,20,21). The lowest BCUT2D eigenvalue weighted by molar-refractivity contribution is -0.118. The fourth-order valence-electron chi connectivity index (χ4n) is 2.14. The minimum Gasteiger partial charge on any atom is -0.481 e. The normalized spacial score (nSPS) is 10.3. The minimum atomic E-state index is -0.714. The lowest BCUT2D eigenvalue weighted by Gasteiger charge is -2.08. The summed E-state index contributed by atoms with van der Waals surface area (Å²) in [6, 6.07) is 4.14. The Balaban J connectivity index is 2.18. The van der Waals surface area contributed by atoms with Gasteiger partial charge < -0.3 is 19.5 Å². The molecule has 0 bridgehead atoms. The van der Waals surface area contributed by atoms with Crippen molar-refractivity contribution >= 4 is 50.1 Å². The number of benzene rings is 1. The minimum absolute atomic E-state index is 0.0473. The molecule has 0 aliphatic carbocycles. The van der Waals surface area contributed by atoms with Crippen LogP contribution in [0.4, 0.5) is 9.39 Å². The van der Waals surface area contributed by atoms with Crippen molar-refractivity contribution in [1.29, 1.82) is 0 Å². The Morgan fingerprint density at radius 3 is 2.44 bits per heavy atom. The monoisotopic (exact) mass is 459 g/mol. The predicted molar refractivity (Wildman–Crippen MR) is 100.0 cm³/mol. The van der Waals surface area contributed by atoms with Crippen LogP contribution < -0.4 is 10.1 Å². The van der Waals surface area contributed by atoms with Crippen molar-refractivity contribution in [3.63, 3.8) is 0 Å². The van der Waals surface area contributed by atoms with E-state index < -0.39 is 30.3 Å². The second kappa shape index (κ2) is 8.96. The van der Waals surface area contributed by atoms with Crippen LogP contribution >= 0.6 is 27.3 Å². The van der Waals surface area contributed by atoms with E-state index in [0.29, 0.717) is 10.0 Å². The lowest BCUT2D eigenvalue weighted by atomic mass is 10.1. The van der Waals surface area contributed by atoms with Gasteiger partial charge in [0, 0.05) is 4.47 Å². The predicted octanol–water partition coefficient (Wildman–Crippen LogP) is 3.55. The van der Waals surface area contributed by atoms with Crippen LogP contribution in [-0.4, -0.2) is 38.7 Å². The van der Waals surface area contributed by atoms with E-state index in [1.807, 2.05) is 0 Å². The van der Waals surface area contributed by atoms with Crippen molar-refractivity contribution in [3.05, 3.63) is 44.5 Å². The van der Waals surface area contributed by atoms with Gasteiger partial charge in [0.1, 0.15) is 9.88 Å². The van der Waals surface area contributed by atoms with E-state index >= 15 is 0 Å². The van der Waals surface area contributed by atoms with Gasteiger partial charge >= 0.3 is 11.9 Å². The molecule has 0 fully saturated rings. The molecule has 0 saturated heterocycles. The molecule has 0 radical (unpaired) electrons. The summed E-state index contributed by atoms with van der Waals surface area (Å²) in [6.07, 6.45) is 0. The van der Waals surface area contributed by atoms with Crippen LogP contribution in [0, 0.1) is 12.7 Å². The topological polar surface area (TPSA) is 90.9 Å². The molecular formula is C17H15BrFNO6S. The van der Waals surface area contributed by atoms with Crippen LogP contribution in [0.25, 0.3) is 0 Å². The van der Waals surface area contributed by atoms with E-state index in [2.05, 4.69) is 26.0 Å². The summed E-state index contributed by atoms with van der Waals surface area (Å²) in [5.41, 5.74) is 0.375. The highest BCUT2D eigenvalue weighted by molar-refractivity contribution is 9.10. The van der Waals surface area contributed by atoms with E-state index in [0.717, 1.165) is 11.3 Å². The number of thiophene rings is 1. The van der Waals surface area contributed by atoms with E-state index in [4.69, 9.17) is 9.47 Å². The van der Waals surface area contributed by atoms with Crippen molar-refractivity contribution in [1.82, 2.24) is 0 Å². The van der Waals surface area contributed by atoms with Crippen molar-refractivity contribution in [2.45, 2.75) is 6.92 Å². The third kappa shape index (κ3) is 4.83. The van der Waals surface area contributed by atoms with Gasteiger partial charge in [-0.3, -0.25) is 4.79 Å². The number of nitrogens with one attached hydrogen (secondary N) is 1. The Morgan fingerprint density at radius 1 is 1.19 bits per heavy atom. The highest BCUT2D eigenvalue weighted by Gasteiger charge is 2.26. The molecule has 0 atom stereocenters. The Bertz CT molecular complexity index is 898. The van der Waals surface area contributed by atoms with Crippen LogP contribution in [0.5, 0.6) is 5.75 Å². The molecule has 0 spiro atoms. The summed E-state index contributed by atoms with van der Waals surface area (Å²) in [5, 5.41) is 2.60. The SMILES string of the molecule is COC(=O)c1sc(NC(=O)COc2ccc(Br)cc2F)c(C(=O)OC)c1C. The molecule has 0 saturated carbocycles. The van der Waals surface area contributed by atoms with Gasteiger partial charge in [0.25, 0.3) is 5.91 Å². The fraction of sp³-hybridized carbons (Fsp3) is 0.235. The number of carbonyl (C=O) groups excluding carboxylic acids is 3. The van der Waals surface area contributed by atoms with Gasteiger partial charge in [-0.1, -0.05) is 15.9 Å². The Hall–Kier alpha value is -2.46. The molecule has 1 amide bonds. The van der Waals surface area contributed by atoms with Crippen molar-refractivity contribution in [3.8, 4) is 5.75 Å². The zero-order valence-electron chi connectivity index (χ0n) is 14.6. The van der Waals surface area contributed by atoms with Crippen LogP contribution in [0.1, 0.15) is 25.6 Å². The van der Waals surface area contributed by atoms with Gasteiger partial charge in [-0.25, -0.2) is 14.0 Å². The number of hydrogen-bond donors (Lipinski definition) is 1. The second-order valence-corrected chi connectivity index (χ2v) is 7.09. The molecule has 1 N–H and O–H groups in total. The van der Waals surface area contributed by atoms with E-state index in [1.165, 1.54) is 26.4 Å². The number of hydrogen-bond acceptors (Lipinski definition) is 7. The van der Waals surface area contributed by atoms with Gasteiger partial charge in [-0.05, 0) is 30.7 Å². The number of carbonyl (C=O) groups is 3. The summed E-state index contributed by atoms with van der Waals surface area (Å²) >= 11 is 3.99. The van der Waals surface area contributed by atoms with Gasteiger partial charge in [-0.2, -0.15) is 0 Å². The molecule has 144 valence electrons. The average molecular weight is 460 g/mol. The van der Waals surface area contributed by atoms with Crippen molar-refractivity contribution in [2.24, 2.45) is 0 Å². The van der Waals surface area contributed by atoms with Crippen molar-refractivity contribution in [2.75, 3.05) is 26.1 Å². The maximum atomic E-state index is 13.7. The highest BCUT2D eigenvalue weighted by Crippen LogP contribution is 2.34. The van der Waals surface area contributed by atoms with Gasteiger partial charge in [0.15, 0.2) is 18.2 Å². The van der Waals surface area contributed by atoms with Crippen molar-refractivity contribution < 1.29 is 33.0 Å². The lowest BCUT2D eigenvalue weighted by Crippen LogP contribution is -2.21. The number of ether oxygens (including phenoxy) is 3. The zero-order chi connectivity index (χ0) is 20.1. The first-order chi connectivity index (χ1) is 12.8. The average Bonchev–Trinajstić information content (AvgIpc) is 2.95. The molecule has 2 aromatic rings. The Morgan fingerprint density at radius 2 is 1.85 bits per heavy atom. The van der Waals surface area contributed by atoms with Crippen LogP contribution in [0.2, 0.25) is 0 Å². The number of esters is 2. The maximum absolute atomic E-state index is 13.7. The Labute approximate surface area is 166 Å². The number of halogens is 2. The maximum Gasteiger partial charge on any atom is 0.348 e. The fourth-order valence-corrected chi connectivity index (χ4v) is 3.60. The smallest absolute Gasteiger partial charge is 0.348 e. The highest BCUT2D eigenvalue weighted by atomic mass is 79.9. The Kier molecular flexibility index (Phi) is 6.92. The molecule has 0 unspecified atom stereocenters. The first-order valence-electron chi connectivity index (χ1n) is 7.46. The van der Waals surface area contributed by atoms with E-state index in [-0.39, 0.29) is 21.2 Å². The number of rotatable bonds is 6. The molecule has 1 heterocycles. The van der Waals surface area contributed by atoms with Crippen LogP contribution in [0.15, 0.2) is 22.7 Å². The summed E-state index contributed by atoms with van der Waals surface area (Å²) in [7, 11) is 2.39. The summed E-state index contributed by atoms with van der Waals surface area (Å²) < 4.78 is 28.8. The van der Waals surface area contributed by atoms with Gasteiger partial charge in [0.2, 0.25) is 0 Å². The first-order valence-corrected chi connectivity index (χ1v) is 9.07. The van der Waals surface area contributed by atoms with Gasteiger partial charge in [0.05, 0.1) is 19.8 Å². The zero-order valence-corrected chi connectivity index (χ0v) is 17.0. The number of anilines is 1. The molecule has 1 aromatic carbocycles. The first kappa shape index (κ1) is 20.8. The molecule has 2 rings (SSSR count). The third-order valence-corrected chi connectivity index (χ3v) is 5.09. The van der Waals surface area contributed by atoms with Crippen LogP contribution in [-0.2, 0) is 14.3 Å². The second-order valence-electron chi connectivity index (χ2n) is 5.16. The van der Waals surface area contributed by atoms with Gasteiger partial charge in [-0.15, -0.1) is 11.3 Å². The van der Waals surface area contributed by atoms with E-state index in [1.54, 1.807) is 13.0 Å². The molecule has 27 heavy (non-hydrogen) atoms.